The summed E-state index contributed by atoms with van der Waals surface area (Å²) in [6, 6.07) is -0.382. The second kappa shape index (κ2) is 5.58. The summed E-state index contributed by atoms with van der Waals surface area (Å²) >= 11 is 0. The molecule has 0 aromatic rings. The van der Waals surface area contributed by atoms with Crippen molar-refractivity contribution in [2.45, 2.75) is 76.3 Å². The molecule has 2 unspecified atom stereocenters. The van der Waals surface area contributed by atoms with Crippen molar-refractivity contribution in [1.82, 2.24) is 5.32 Å². The number of ether oxygens (including phenoxy) is 1. The lowest BCUT2D eigenvalue weighted by Gasteiger charge is -2.52. The van der Waals surface area contributed by atoms with Crippen LogP contribution in [0.25, 0.3) is 0 Å². The number of rotatable bonds is 1. The molecule has 2 rings (SSSR count). The average molecular weight is 323 g/mol. The molecule has 2 aliphatic rings. The predicted molar refractivity (Wildman–Crippen MR) is 74.2 cm³/mol. The van der Waals surface area contributed by atoms with Gasteiger partial charge in [0.05, 0.1) is 0 Å². The van der Waals surface area contributed by atoms with Crippen LogP contribution in [-0.4, -0.2) is 34.6 Å². The van der Waals surface area contributed by atoms with Crippen LogP contribution in [0, 0.1) is 11.8 Å². The van der Waals surface area contributed by atoms with Crippen LogP contribution in [-0.2, 0) is 4.74 Å². The molecule has 22 heavy (non-hydrogen) atoms. The van der Waals surface area contributed by atoms with Gasteiger partial charge in [0.1, 0.15) is 5.60 Å². The van der Waals surface area contributed by atoms with Crippen LogP contribution < -0.4 is 5.32 Å². The van der Waals surface area contributed by atoms with Crippen molar-refractivity contribution in [3.05, 3.63) is 0 Å². The lowest BCUT2D eigenvalue weighted by atomic mass is 9.59. The van der Waals surface area contributed by atoms with E-state index in [0.29, 0.717) is 19.3 Å². The van der Waals surface area contributed by atoms with E-state index in [2.05, 4.69) is 5.32 Å². The zero-order valence-electron chi connectivity index (χ0n) is 13.2. The Morgan fingerprint density at radius 2 is 1.68 bits per heavy atom. The summed E-state index contributed by atoms with van der Waals surface area (Å²) in [5, 5.41) is 12.9. The minimum Gasteiger partial charge on any atom is -0.444 e. The first-order valence-electron chi connectivity index (χ1n) is 7.72. The van der Waals surface area contributed by atoms with Gasteiger partial charge in [0.2, 0.25) is 0 Å². The van der Waals surface area contributed by atoms with Gasteiger partial charge < -0.3 is 15.2 Å². The van der Waals surface area contributed by atoms with Crippen molar-refractivity contribution < 1.29 is 27.8 Å². The van der Waals surface area contributed by atoms with Crippen molar-refractivity contribution in [1.29, 1.82) is 0 Å². The predicted octanol–water partition coefficient (Wildman–Crippen LogP) is 3.38. The number of hydrogen-bond donors (Lipinski definition) is 2. The van der Waals surface area contributed by atoms with E-state index in [-0.39, 0.29) is 18.9 Å². The van der Waals surface area contributed by atoms with E-state index >= 15 is 0 Å². The monoisotopic (exact) mass is 323 g/mol. The molecule has 2 aliphatic carbocycles. The van der Waals surface area contributed by atoms with Gasteiger partial charge in [-0.2, -0.15) is 13.2 Å². The van der Waals surface area contributed by atoms with Crippen LogP contribution in [0.3, 0.4) is 0 Å². The molecule has 2 bridgehead atoms. The Labute approximate surface area is 128 Å². The van der Waals surface area contributed by atoms with Crippen molar-refractivity contribution >= 4 is 6.09 Å². The van der Waals surface area contributed by atoms with Gasteiger partial charge in [-0.3, -0.25) is 0 Å². The van der Waals surface area contributed by atoms with Crippen LogP contribution >= 0.6 is 0 Å². The molecule has 2 atom stereocenters. The number of hydrogen-bond acceptors (Lipinski definition) is 3. The van der Waals surface area contributed by atoms with Crippen LogP contribution in [0.2, 0.25) is 0 Å². The number of fused-ring (bicyclic) bond motifs is 2. The Morgan fingerprint density at radius 1 is 1.18 bits per heavy atom. The maximum Gasteiger partial charge on any atom is 0.417 e. The van der Waals surface area contributed by atoms with Crippen molar-refractivity contribution in [3.8, 4) is 0 Å². The molecule has 2 N–H and O–H groups in total. The van der Waals surface area contributed by atoms with Crippen LogP contribution in [0.1, 0.15) is 52.9 Å². The molecule has 0 aliphatic heterocycles. The van der Waals surface area contributed by atoms with Gasteiger partial charge in [-0.25, -0.2) is 4.79 Å². The second-order valence-corrected chi connectivity index (χ2v) is 7.46. The maximum atomic E-state index is 13.3. The maximum absolute atomic E-state index is 13.3. The molecular formula is C15H24F3NO3. The average Bonchev–Trinajstić information content (AvgIpc) is 2.26. The van der Waals surface area contributed by atoms with Crippen LogP contribution in [0.5, 0.6) is 0 Å². The molecule has 2 saturated carbocycles. The zero-order valence-corrected chi connectivity index (χ0v) is 13.2. The Balaban J connectivity index is 2.06. The Morgan fingerprint density at radius 3 is 2.09 bits per heavy atom. The van der Waals surface area contributed by atoms with Gasteiger partial charge in [0.15, 0.2) is 5.60 Å². The number of alkyl halides is 3. The van der Waals surface area contributed by atoms with Gasteiger partial charge >= 0.3 is 12.3 Å². The third-order valence-corrected chi connectivity index (χ3v) is 4.66. The van der Waals surface area contributed by atoms with Gasteiger partial charge in [0, 0.05) is 6.04 Å². The summed E-state index contributed by atoms with van der Waals surface area (Å²) in [6.45, 7) is 5.18. The highest BCUT2D eigenvalue weighted by atomic mass is 19.4. The summed E-state index contributed by atoms with van der Waals surface area (Å²) in [6.07, 6.45) is -3.63. The topological polar surface area (TPSA) is 58.6 Å². The largest absolute Gasteiger partial charge is 0.444 e. The Kier molecular flexibility index (Phi) is 4.41. The summed E-state index contributed by atoms with van der Waals surface area (Å²) in [4.78, 5) is 11.8. The number of carbonyl (C=O) groups excluding carboxylic acids is 1. The zero-order chi connectivity index (χ0) is 16.8. The third-order valence-electron chi connectivity index (χ3n) is 4.66. The number of carbonyl (C=O) groups is 1. The molecule has 0 aromatic heterocycles. The molecule has 0 heterocycles. The van der Waals surface area contributed by atoms with E-state index < -0.39 is 35.3 Å². The molecule has 2 fully saturated rings. The summed E-state index contributed by atoms with van der Waals surface area (Å²) in [5.41, 5.74) is -3.27. The Hall–Kier alpha value is -0.980. The minimum absolute atomic E-state index is 0.131. The molecule has 7 heteroatoms. The second-order valence-electron chi connectivity index (χ2n) is 7.46. The molecular weight excluding hydrogens is 299 g/mol. The van der Waals surface area contributed by atoms with Crippen molar-refractivity contribution in [3.63, 3.8) is 0 Å². The summed E-state index contributed by atoms with van der Waals surface area (Å²) < 4.78 is 45.0. The van der Waals surface area contributed by atoms with Gasteiger partial charge in [0.25, 0.3) is 0 Å². The SMILES string of the molecule is CC(C)(C)OC(=O)NC1CC2CCCC(C1)C2(O)C(F)(F)F. The number of amides is 1. The van der Waals surface area contributed by atoms with Crippen LogP contribution in [0.4, 0.5) is 18.0 Å². The van der Waals surface area contributed by atoms with E-state index in [1.807, 2.05) is 0 Å². The van der Waals surface area contributed by atoms with E-state index in [1.54, 1.807) is 20.8 Å². The van der Waals surface area contributed by atoms with E-state index in [1.165, 1.54) is 0 Å². The number of aliphatic hydroxyl groups is 1. The fraction of sp³-hybridized carbons (Fsp3) is 0.933. The van der Waals surface area contributed by atoms with E-state index in [0.717, 1.165) is 0 Å². The molecule has 0 saturated heterocycles. The molecule has 0 aromatic carbocycles. The summed E-state index contributed by atoms with van der Waals surface area (Å²) in [5.74, 6) is -1.72. The molecule has 128 valence electrons. The lowest BCUT2D eigenvalue weighted by molar-refractivity contribution is -0.317. The molecule has 0 radical (unpaired) electrons. The highest BCUT2D eigenvalue weighted by Crippen LogP contribution is 2.54. The first kappa shape index (κ1) is 17.4. The fourth-order valence-corrected chi connectivity index (χ4v) is 3.82. The molecule has 4 nitrogen and oxygen atoms in total. The normalized spacial score (nSPS) is 35.9. The van der Waals surface area contributed by atoms with E-state index in [4.69, 9.17) is 4.74 Å². The number of halogens is 3. The van der Waals surface area contributed by atoms with E-state index in [9.17, 15) is 23.1 Å². The molecule has 1 amide bonds. The Bertz CT molecular complexity index is 417. The lowest BCUT2D eigenvalue weighted by Crippen LogP contribution is -2.63. The van der Waals surface area contributed by atoms with Crippen molar-refractivity contribution in [2.75, 3.05) is 0 Å². The van der Waals surface area contributed by atoms with Gasteiger partial charge in [-0.1, -0.05) is 6.42 Å². The van der Waals surface area contributed by atoms with Gasteiger partial charge in [-0.05, 0) is 58.3 Å². The number of nitrogens with one attached hydrogen (secondary N) is 1. The first-order chi connectivity index (χ1) is 9.93. The number of alkyl carbamates (subject to hydrolysis) is 1. The smallest absolute Gasteiger partial charge is 0.417 e. The third kappa shape index (κ3) is 3.34. The van der Waals surface area contributed by atoms with Gasteiger partial charge in [-0.15, -0.1) is 0 Å². The fourth-order valence-electron chi connectivity index (χ4n) is 3.82. The highest BCUT2D eigenvalue weighted by molar-refractivity contribution is 5.68. The quantitative estimate of drug-likeness (QED) is 0.778. The highest BCUT2D eigenvalue weighted by Gasteiger charge is 2.65. The summed E-state index contributed by atoms with van der Waals surface area (Å²) in [7, 11) is 0. The standard InChI is InChI=1S/C15H24F3NO3/c1-13(2,3)22-12(20)19-11-7-9-5-4-6-10(8-11)14(9,21)15(16,17)18/h9-11,21H,4-8H2,1-3H3,(H,19,20). The first-order valence-corrected chi connectivity index (χ1v) is 7.72. The minimum atomic E-state index is -4.63. The van der Waals surface area contributed by atoms with Crippen LogP contribution in [0.15, 0.2) is 0 Å². The van der Waals surface area contributed by atoms with Crippen molar-refractivity contribution in [2.24, 2.45) is 11.8 Å². The molecule has 0 spiro atoms.